The molecule has 0 aliphatic carbocycles. The van der Waals surface area contributed by atoms with Crippen molar-refractivity contribution in [1.82, 2.24) is 0 Å². The first kappa shape index (κ1) is 19.3. The fourth-order valence-corrected chi connectivity index (χ4v) is 2.41. The SMILES string of the molecule is COc1cc(C(=O)O)cc(Br)c1OC/C=C/CCC(C)=C(C)C. The van der Waals surface area contributed by atoms with Gasteiger partial charge in [-0.05, 0) is 61.7 Å². The van der Waals surface area contributed by atoms with E-state index in [1.54, 1.807) is 0 Å². The monoisotopic (exact) mass is 382 g/mol. The van der Waals surface area contributed by atoms with Gasteiger partial charge in [-0.2, -0.15) is 0 Å². The van der Waals surface area contributed by atoms with E-state index in [9.17, 15) is 4.79 Å². The molecule has 1 N–H and O–H groups in total. The van der Waals surface area contributed by atoms with Gasteiger partial charge in [0.1, 0.15) is 6.61 Å². The molecule has 0 aliphatic rings. The standard InChI is InChI=1S/C18H23BrO4/c1-12(2)13(3)8-6-5-7-9-23-17-15(19)10-14(18(20)21)11-16(17)22-4/h5,7,10-11H,6,8-9H2,1-4H3,(H,20,21)/b7-5+. The Kier molecular flexibility index (Phi) is 7.89. The molecular formula is C18H23BrO4. The van der Waals surface area contributed by atoms with E-state index in [-0.39, 0.29) is 5.56 Å². The van der Waals surface area contributed by atoms with Crippen molar-refractivity contribution in [2.75, 3.05) is 13.7 Å². The summed E-state index contributed by atoms with van der Waals surface area (Å²) in [6, 6.07) is 2.95. The zero-order chi connectivity index (χ0) is 17.4. The topological polar surface area (TPSA) is 55.8 Å². The molecule has 0 radical (unpaired) electrons. The van der Waals surface area contributed by atoms with E-state index < -0.39 is 5.97 Å². The largest absolute Gasteiger partial charge is 0.493 e. The summed E-state index contributed by atoms with van der Waals surface area (Å²) in [6.45, 7) is 6.78. The summed E-state index contributed by atoms with van der Waals surface area (Å²) in [4.78, 5) is 11.0. The molecule has 1 aromatic rings. The van der Waals surface area contributed by atoms with Crippen LogP contribution in [0.3, 0.4) is 0 Å². The normalized spacial score (nSPS) is 10.7. The highest BCUT2D eigenvalue weighted by Crippen LogP contribution is 2.36. The lowest BCUT2D eigenvalue weighted by Crippen LogP contribution is -2.02. The molecule has 1 aromatic carbocycles. The molecule has 126 valence electrons. The number of hydrogen-bond donors (Lipinski definition) is 1. The van der Waals surface area contributed by atoms with Gasteiger partial charge in [-0.15, -0.1) is 0 Å². The number of methoxy groups -OCH3 is 1. The number of hydrogen-bond acceptors (Lipinski definition) is 3. The Morgan fingerprint density at radius 2 is 1.96 bits per heavy atom. The van der Waals surface area contributed by atoms with Crippen molar-refractivity contribution in [2.24, 2.45) is 0 Å². The molecule has 0 saturated carbocycles. The van der Waals surface area contributed by atoms with Gasteiger partial charge in [0.25, 0.3) is 0 Å². The zero-order valence-corrected chi connectivity index (χ0v) is 15.6. The molecule has 23 heavy (non-hydrogen) atoms. The van der Waals surface area contributed by atoms with Gasteiger partial charge in [-0.1, -0.05) is 23.3 Å². The second-order valence-corrected chi connectivity index (χ2v) is 6.25. The molecule has 0 heterocycles. The van der Waals surface area contributed by atoms with E-state index in [2.05, 4.69) is 42.8 Å². The fraction of sp³-hybridized carbons (Fsp3) is 0.389. The van der Waals surface area contributed by atoms with Crippen LogP contribution in [0.2, 0.25) is 0 Å². The predicted molar refractivity (Wildman–Crippen MR) is 95.6 cm³/mol. The van der Waals surface area contributed by atoms with Gasteiger partial charge in [0, 0.05) is 0 Å². The Labute approximate surface area is 145 Å². The first-order chi connectivity index (χ1) is 10.9. The van der Waals surface area contributed by atoms with Crippen LogP contribution in [-0.4, -0.2) is 24.8 Å². The number of aromatic carboxylic acids is 1. The second-order valence-electron chi connectivity index (χ2n) is 5.40. The summed E-state index contributed by atoms with van der Waals surface area (Å²) < 4.78 is 11.4. The maximum absolute atomic E-state index is 11.0. The van der Waals surface area contributed by atoms with E-state index >= 15 is 0 Å². The molecule has 0 amide bonds. The molecule has 5 heteroatoms. The lowest BCUT2D eigenvalue weighted by atomic mass is 10.1. The Morgan fingerprint density at radius 1 is 1.26 bits per heavy atom. The van der Waals surface area contributed by atoms with Gasteiger partial charge >= 0.3 is 5.97 Å². The van der Waals surface area contributed by atoms with Crippen LogP contribution >= 0.6 is 15.9 Å². The van der Waals surface area contributed by atoms with Crippen molar-refractivity contribution in [2.45, 2.75) is 33.6 Å². The third-order valence-electron chi connectivity index (χ3n) is 3.51. The Balaban J connectivity index is 2.64. The van der Waals surface area contributed by atoms with Gasteiger partial charge < -0.3 is 14.6 Å². The number of rotatable bonds is 8. The van der Waals surface area contributed by atoms with E-state index in [1.165, 1.54) is 30.4 Å². The summed E-state index contributed by atoms with van der Waals surface area (Å²) in [5.74, 6) is -0.113. The molecule has 0 unspecified atom stereocenters. The van der Waals surface area contributed by atoms with Crippen LogP contribution in [-0.2, 0) is 0 Å². The smallest absolute Gasteiger partial charge is 0.335 e. The average molecular weight is 383 g/mol. The summed E-state index contributed by atoms with van der Waals surface area (Å²) in [5.41, 5.74) is 2.92. The molecule has 1 rings (SSSR count). The molecule has 0 spiro atoms. The van der Waals surface area contributed by atoms with E-state index in [1.807, 2.05) is 6.08 Å². The minimum Gasteiger partial charge on any atom is -0.493 e. The van der Waals surface area contributed by atoms with Gasteiger partial charge in [-0.3, -0.25) is 0 Å². The van der Waals surface area contributed by atoms with E-state index in [4.69, 9.17) is 14.6 Å². The van der Waals surface area contributed by atoms with Crippen LogP contribution in [0.5, 0.6) is 11.5 Å². The lowest BCUT2D eigenvalue weighted by molar-refractivity contribution is 0.0696. The van der Waals surface area contributed by atoms with Crippen LogP contribution in [0.4, 0.5) is 0 Å². The second kappa shape index (κ2) is 9.40. The first-order valence-electron chi connectivity index (χ1n) is 7.38. The summed E-state index contributed by atoms with van der Waals surface area (Å²) in [6.07, 6.45) is 6.05. The quantitative estimate of drug-likeness (QED) is 0.625. The molecule has 0 aliphatic heterocycles. The van der Waals surface area contributed by atoms with Crippen molar-refractivity contribution in [1.29, 1.82) is 0 Å². The van der Waals surface area contributed by atoms with E-state index in [0.717, 1.165) is 12.8 Å². The van der Waals surface area contributed by atoms with Crippen molar-refractivity contribution in [3.05, 3.63) is 45.5 Å². The highest BCUT2D eigenvalue weighted by atomic mass is 79.9. The zero-order valence-electron chi connectivity index (χ0n) is 14.0. The Hall–Kier alpha value is -1.75. The highest BCUT2D eigenvalue weighted by Gasteiger charge is 2.14. The van der Waals surface area contributed by atoms with Crippen LogP contribution in [0.1, 0.15) is 44.0 Å². The fourth-order valence-electron chi connectivity index (χ4n) is 1.85. The molecule has 0 fully saturated rings. The molecule has 0 saturated heterocycles. The number of allylic oxidation sites excluding steroid dienone is 3. The Morgan fingerprint density at radius 3 is 2.52 bits per heavy atom. The van der Waals surface area contributed by atoms with Crippen molar-refractivity contribution < 1.29 is 19.4 Å². The molecule has 0 bridgehead atoms. The summed E-state index contributed by atoms with van der Waals surface area (Å²) in [7, 11) is 1.48. The minimum absolute atomic E-state index is 0.147. The van der Waals surface area contributed by atoms with Gasteiger partial charge in [0.05, 0.1) is 17.1 Å². The van der Waals surface area contributed by atoms with E-state index in [0.29, 0.717) is 22.6 Å². The summed E-state index contributed by atoms with van der Waals surface area (Å²) in [5, 5.41) is 9.04. The number of carboxylic acid groups (broad SMARTS) is 1. The predicted octanol–water partition coefficient (Wildman–Crippen LogP) is 5.23. The molecule has 0 aromatic heterocycles. The van der Waals surface area contributed by atoms with Crippen LogP contribution in [0.25, 0.3) is 0 Å². The van der Waals surface area contributed by atoms with Gasteiger partial charge in [-0.25, -0.2) is 4.79 Å². The van der Waals surface area contributed by atoms with Gasteiger partial charge in [0.2, 0.25) is 0 Å². The number of carbonyl (C=O) groups is 1. The summed E-state index contributed by atoms with van der Waals surface area (Å²) >= 11 is 3.33. The van der Waals surface area contributed by atoms with Crippen molar-refractivity contribution in [3.63, 3.8) is 0 Å². The number of carboxylic acids is 1. The Bertz CT molecular complexity index is 614. The van der Waals surface area contributed by atoms with Crippen LogP contribution in [0, 0.1) is 0 Å². The van der Waals surface area contributed by atoms with Crippen molar-refractivity contribution >= 4 is 21.9 Å². The maximum Gasteiger partial charge on any atom is 0.335 e. The third-order valence-corrected chi connectivity index (χ3v) is 4.10. The van der Waals surface area contributed by atoms with Crippen LogP contribution < -0.4 is 9.47 Å². The first-order valence-corrected chi connectivity index (χ1v) is 8.17. The average Bonchev–Trinajstić information content (AvgIpc) is 2.50. The third kappa shape index (κ3) is 6.10. The maximum atomic E-state index is 11.0. The lowest BCUT2D eigenvalue weighted by Gasteiger charge is -2.12. The number of halogens is 1. The molecule has 0 atom stereocenters. The molecular weight excluding hydrogens is 360 g/mol. The van der Waals surface area contributed by atoms with Crippen LogP contribution in [0.15, 0.2) is 39.9 Å². The highest BCUT2D eigenvalue weighted by molar-refractivity contribution is 9.10. The van der Waals surface area contributed by atoms with Gasteiger partial charge in [0.15, 0.2) is 11.5 Å². The number of benzene rings is 1. The van der Waals surface area contributed by atoms with Crippen molar-refractivity contribution in [3.8, 4) is 11.5 Å². The number of ether oxygens (including phenoxy) is 2. The minimum atomic E-state index is -1.01. The molecule has 4 nitrogen and oxygen atoms in total.